The molecule has 0 heterocycles. The van der Waals surface area contributed by atoms with E-state index in [0.29, 0.717) is 18.3 Å². The predicted molar refractivity (Wildman–Crippen MR) is 111 cm³/mol. The van der Waals surface area contributed by atoms with Crippen LogP contribution in [0.1, 0.15) is 59.3 Å². The zero-order valence-electron chi connectivity index (χ0n) is 17.7. The molecule has 0 amide bonds. The summed E-state index contributed by atoms with van der Waals surface area (Å²) < 4.78 is 0. The summed E-state index contributed by atoms with van der Waals surface area (Å²) >= 11 is 0. The van der Waals surface area contributed by atoms with E-state index >= 15 is 0 Å². The highest BCUT2D eigenvalue weighted by atomic mass is 16.3. The van der Waals surface area contributed by atoms with Crippen LogP contribution in [-0.2, 0) is 4.79 Å². The Labute approximate surface area is 169 Å². The number of allylic oxidation sites excluding steroid dienone is 4. The summed E-state index contributed by atoms with van der Waals surface area (Å²) in [5.74, 6) is 1.32. The molecule has 3 aliphatic carbocycles. The van der Waals surface area contributed by atoms with Crippen molar-refractivity contribution in [2.24, 2.45) is 40.4 Å². The molecule has 0 aliphatic heterocycles. The third kappa shape index (κ3) is 3.53. The van der Waals surface area contributed by atoms with Crippen molar-refractivity contribution in [2.45, 2.75) is 65.4 Å². The Morgan fingerprint density at radius 3 is 2.57 bits per heavy atom. The second kappa shape index (κ2) is 8.41. The second-order valence-electron chi connectivity index (χ2n) is 10.0. The van der Waals surface area contributed by atoms with Crippen LogP contribution in [0.15, 0.2) is 23.8 Å². The molecule has 0 aromatic rings. The molecule has 3 aliphatic rings. The number of aliphatic hydroxyl groups is 3. The topological polar surface area (TPSA) is 77.8 Å². The molecule has 158 valence electrons. The van der Waals surface area contributed by atoms with Crippen LogP contribution >= 0.6 is 0 Å². The second-order valence-corrected chi connectivity index (χ2v) is 10.0. The maximum Gasteiger partial charge on any atom is 0.142 e. The Morgan fingerprint density at radius 2 is 1.93 bits per heavy atom. The zero-order valence-corrected chi connectivity index (χ0v) is 17.7. The first-order chi connectivity index (χ1) is 13.3. The van der Waals surface area contributed by atoms with Gasteiger partial charge in [-0.2, -0.15) is 0 Å². The number of aldehydes is 1. The molecule has 3 rings (SSSR count). The van der Waals surface area contributed by atoms with E-state index in [0.717, 1.165) is 38.4 Å². The van der Waals surface area contributed by atoms with Gasteiger partial charge in [-0.05, 0) is 85.0 Å². The number of hydrogen-bond acceptors (Lipinski definition) is 4. The molecule has 0 radical (unpaired) electrons. The highest BCUT2D eigenvalue weighted by Gasteiger charge is 2.56. The fourth-order valence-electron chi connectivity index (χ4n) is 7.15. The average Bonchev–Trinajstić information content (AvgIpc) is 3.04. The Kier molecular flexibility index (Phi) is 6.53. The molecule has 0 bridgehead atoms. The third-order valence-electron chi connectivity index (χ3n) is 8.83. The standard InChI is InChI=1S/C24H38O4/c1-16(5-4-12-25)20-6-7-21-19(15-27)22(9-11-24(20,21)3)23(2)10-8-18(28)13-17(23)14-26/h4-6,12,16-19,21-22,26-28H,7-11,13-15H2,1-3H3/b5-4+/t16-,17-,18+,19+,21?,22?,23+,24-/m1/s1. The van der Waals surface area contributed by atoms with Crippen molar-refractivity contribution < 1.29 is 20.1 Å². The Balaban J connectivity index is 1.85. The van der Waals surface area contributed by atoms with Crippen LogP contribution < -0.4 is 0 Å². The van der Waals surface area contributed by atoms with Crippen molar-refractivity contribution in [1.29, 1.82) is 0 Å². The molecule has 4 nitrogen and oxygen atoms in total. The van der Waals surface area contributed by atoms with Crippen molar-refractivity contribution in [3.8, 4) is 0 Å². The normalized spacial score (nSPS) is 44.9. The van der Waals surface area contributed by atoms with Crippen LogP contribution in [0.3, 0.4) is 0 Å². The van der Waals surface area contributed by atoms with E-state index < -0.39 is 0 Å². The summed E-state index contributed by atoms with van der Waals surface area (Å²) in [6.45, 7) is 7.08. The Hall–Kier alpha value is -0.970. The van der Waals surface area contributed by atoms with Crippen molar-refractivity contribution in [1.82, 2.24) is 0 Å². The minimum absolute atomic E-state index is 0.0332. The molecule has 0 aromatic heterocycles. The van der Waals surface area contributed by atoms with E-state index in [9.17, 15) is 20.1 Å². The first-order valence-electron chi connectivity index (χ1n) is 11.0. The highest BCUT2D eigenvalue weighted by molar-refractivity contribution is 5.64. The van der Waals surface area contributed by atoms with Gasteiger partial charge in [0.15, 0.2) is 0 Å². The van der Waals surface area contributed by atoms with Gasteiger partial charge in [0.25, 0.3) is 0 Å². The van der Waals surface area contributed by atoms with Gasteiger partial charge in [0.1, 0.15) is 6.29 Å². The van der Waals surface area contributed by atoms with Crippen LogP contribution in [-0.4, -0.2) is 40.9 Å². The quantitative estimate of drug-likeness (QED) is 0.368. The molecule has 2 saturated carbocycles. The van der Waals surface area contributed by atoms with Crippen molar-refractivity contribution >= 4 is 6.29 Å². The summed E-state index contributed by atoms with van der Waals surface area (Å²) in [5.41, 5.74) is 1.44. The lowest BCUT2D eigenvalue weighted by Gasteiger charge is -2.57. The molecule has 8 atom stereocenters. The van der Waals surface area contributed by atoms with Gasteiger partial charge in [0.2, 0.25) is 0 Å². The molecular formula is C24H38O4. The summed E-state index contributed by atoms with van der Waals surface area (Å²) in [4.78, 5) is 10.7. The van der Waals surface area contributed by atoms with Crippen LogP contribution in [0.4, 0.5) is 0 Å². The summed E-state index contributed by atoms with van der Waals surface area (Å²) in [6.07, 6.45) is 12.0. The monoisotopic (exact) mass is 390 g/mol. The minimum Gasteiger partial charge on any atom is -0.396 e. The SMILES string of the molecule is C[C@H](/C=C/C=O)C1=CCC2[C@H](CO)C([C@@]3(C)CC[C@H](O)C[C@@H]3CO)CC[C@]12C. The lowest BCUT2D eigenvalue weighted by atomic mass is 9.48. The van der Waals surface area contributed by atoms with Crippen LogP contribution in [0.5, 0.6) is 0 Å². The maximum absolute atomic E-state index is 10.7. The number of rotatable bonds is 6. The van der Waals surface area contributed by atoms with Gasteiger partial charge in [-0.25, -0.2) is 0 Å². The van der Waals surface area contributed by atoms with Gasteiger partial charge in [0.05, 0.1) is 6.10 Å². The number of carbonyl (C=O) groups is 1. The largest absolute Gasteiger partial charge is 0.396 e. The Bertz CT molecular complexity index is 626. The third-order valence-corrected chi connectivity index (χ3v) is 8.83. The van der Waals surface area contributed by atoms with Gasteiger partial charge in [-0.1, -0.05) is 38.5 Å². The fourth-order valence-corrected chi connectivity index (χ4v) is 7.15. The molecular weight excluding hydrogens is 352 g/mol. The van der Waals surface area contributed by atoms with Crippen molar-refractivity contribution in [2.75, 3.05) is 13.2 Å². The molecule has 0 saturated heterocycles. The molecule has 3 N–H and O–H groups in total. The average molecular weight is 391 g/mol. The van der Waals surface area contributed by atoms with E-state index in [1.807, 2.05) is 6.08 Å². The van der Waals surface area contributed by atoms with Gasteiger partial charge in [0, 0.05) is 13.2 Å². The smallest absolute Gasteiger partial charge is 0.142 e. The number of aliphatic hydroxyl groups excluding tert-OH is 3. The van der Waals surface area contributed by atoms with Crippen molar-refractivity contribution in [3.05, 3.63) is 23.8 Å². The number of fused-ring (bicyclic) bond motifs is 1. The molecule has 28 heavy (non-hydrogen) atoms. The first-order valence-corrected chi connectivity index (χ1v) is 11.0. The lowest BCUT2D eigenvalue weighted by molar-refractivity contribution is -0.106. The van der Waals surface area contributed by atoms with E-state index in [1.165, 1.54) is 5.57 Å². The minimum atomic E-state index is -0.308. The summed E-state index contributed by atoms with van der Waals surface area (Å²) in [7, 11) is 0. The molecule has 0 aromatic carbocycles. The van der Waals surface area contributed by atoms with E-state index in [1.54, 1.807) is 6.08 Å². The summed E-state index contributed by atoms with van der Waals surface area (Å²) in [6, 6.07) is 0. The van der Waals surface area contributed by atoms with Gasteiger partial charge in [-0.3, -0.25) is 4.79 Å². The predicted octanol–water partition coefficient (Wildman–Crippen LogP) is 3.51. The van der Waals surface area contributed by atoms with E-state index in [-0.39, 0.29) is 47.9 Å². The molecule has 2 fully saturated rings. The van der Waals surface area contributed by atoms with Crippen LogP contribution in [0.2, 0.25) is 0 Å². The molecule has 4 heteroatoms. The highest BCUT2D eigenvalue weighted by Crippen LogP contribution is 2.63. The van der Waals surface area contributed by atoms with Crippen LogP contribution in [0.25, 0.3) is 0 Å². The number of carbonyl (C=O) groups excluding carboxylic acids is 1. The molecule has 0 spiro atoms. The van der Waals surface area contributed by atoms with Crippen molar-refractivity contribution in [3.63, 3.8) is 0 Å². The van der Waals surface area contributed by atoms with Gasteiger partial charge >= 0.3 is 0 Å². The van der Waals surface area contributed by atoms with Crippen LogP contribution in [0, 0.1) is 40.4 Å². The Morgan fingerprint density at radius 1 is 1.18 bits per heavy atom. The number of hydrogen-bond donors (Lipinski definition) is 3. The zero-order chi connectivity index (χ0) is 20.5. The summed E-state index contributed by atoms with van der Waals surface area (Å²) in [5, 5.41) is 30.6. The maximum atomic E-state index is 10.7. The molecule has 2 unspecified atom stereocenters. The first kappa shape index (κ1) is 21.7. The van der Waals surface area contributed by atoms with E-state index in [2.05, 4.69) is 26.8 Å². The van der Waals surface area contributed by atoms with E-state index in [4.69, 9.17) is 0 Å². The van der Waals surface area contributed by atoms with Gasteiger partial charge < -0.3 is 15.3 Å². The fraction of sp³-hybridized carbons (Fsp3) is 0.792. The van der Waals surface area contributed by atoms with Gasteiger partial charge in [-0.15, -0.1) is 0 Å². The lowest BCUT2D eigenvalue weighted by Crippen LogP contribution is -2.52.